The number of benzene rings is 1. The van der Waals surface area contributed by atoms with Crippen molar-refractivity contribution >= 4 is 6.03 Å². The minimum absolute atomic E-state index is 0.0285. The normalized spacial score (nSPS) is 17.0. The lowest BCUT2D eigenvalue weighted by atomic mass is 9.92. The molecule has 1 fully saturated rings. The number of urea groups is 1. The van der Waals surface area contributed by atoms with E-state index in [9.17, 15) is 9.90 Å². The van der Waals surface area contributed by atoms with Crippen LogP contribution in [0.1, 0.15) is 39.2 Å². The Morgan fingerprint density at radius 3 is 2.42 bits per heavy atom. The van der Waals surface area contributed by atoms with Gasteiger partial charge in [0.15, 0.2) is 0 Å². The van der Waals surface area contributed by atoms with Crippen LogP contribution in [0, 0.1) is 11.8 Å². The summed E-state index contributed by atoms with van der Waals surface area (Å²) in [6.07, 6.45) is 1.45. The van der Waals surface area contributed by atoms with Gasteiger partial charge in [-0.15, -0.1) is 0 Å². The Bertz CT molecular complexity index is 506. The van der Waals surface area contributed by atoms with Crippen molar-refractivity contribution in [2.24, 2.45) is 11.8 Å². The predicted molar refractivity (Wildman–Crippen MR) is 95.0 cm³/mol. The van der Waals surface area contributed by atoms with Gasteiger partial charge in [-0.25, -0.2) is 4.79 Å². The lowest BCUT2D eigenvalue weighted by molar-refractivity contribution is 0.0798. The smallest absolute Gasteiger partial charge is 0.317 e. The maximum Gasteiger partial charge on any atom is 0.317 e. The average Bonchev–Trinajstić information content (AvgIpc) is 2.58. The van der Waals surface area contributed by atoms with Gasteiger partial charge in [-0.1, -0.05) is 26.0 Å². The summed E-state index contributed by atoms with van der Waals surface area (Å²) in [5.41, 5.74) is 1.05. The summed E-state index contributed by atoms with van der Waals surface area (Å²) in [5.74, 6) is 1.67. The van der Waals surface area contributed by atoms with Crippen LogP contribution in [-0.4, -0.2) is 41.8 Å². The number of carbonyl (C=O) groups is 1. The molecular formula is C19H30N2O3. The zero-order valence-corrected chi connectivity index (χ0v) is 15.0. The maximum absolute atomic E-state index is 12.2. The van der Waals surface area contributed by atoms with Gasteiger partial charge >= 0.3 is 6.03 Å². The first-order chi connectivity index (χ1) is 11.5. The molecule has 134 valence electrons. The molecule has 2 N–H and O–H groups in total. The zero-order valence-electron chi connectivity index (χ0n) is 15.0. The number of nitrogens with one attached hydrogen (secondary N) is 1. The van der Waals surface area contributed by atoms with Crippen molar-refractivity contribution in [3.05, 3.63) is 29.8 Å². The number of amides is 2. The fraction of sp³-hybridized carbons (Fsp3) is 0.632. The molecule has 5 nitrogen and oxygen atoms in total. The van der Waals surface area contributed by atoms with Gasteiger partial charge in [-0.2, -0.15) is 0 Å². The molecule has 2 rings (SSSR count). The van der Waals surface area contributed by atoms with E-state index in [4.69, 9.17) is 4.74 Å². The second kappa shape index (κ2) is 8.92. The third kappa shape index (κ3) is 5.71. The first-order valence-corrected chi connectivity index (χ1v) is 8.88. The third-order valence-corrected chi connectivity index (χ3v) is 4.46. The number of aliphatic hydroxyl groups is 1. The molecule has 0 bridgehead atoms. The molecule has 0 spiro atoms. The van der Waals surface area contributed by atoms with Gasteiger partial charge in [0.2, 0.25) is 0 Å². The number of aliphatic hydroxyl groups excluding tert-OH is 1. The van der Waals surface area contributed by atoms with E-state index in [-0.39, 0.29) is 12.1 Å². The summed E-state index contributed by atoms with van der Waals surface area (Å²) < 4.78 is 5.66. The molecule has 1 aromatic carbocycles. The maximum atomic E-state index is 12.2. The molecule has 0 aromatic heterocycles. The van der Waals surface area contributed by atoms with Crippen molar-refractivity contribution in [1.29, 1.82) is 0 Å². The third-order valence-electron chi connectivity index (χ3n) is 4.46. The Hall–Kier alpha value is -1.75. The molecule has 1 saturated heterocycles. The van der Waals surface area contributed by atoms with Crippen LogP contribution in [0.4, 0.5) is 4.79 Å². The molecule has 0 aliphatic carbocycles. The molecule has 1 aromatic rings. The van der Waals surface area contributed by atoms with E-state index >= 15 is 0 Å². The van der Waals surface area contributed by atoms with Gasteiger partial charge < -0.3 is 20.1 Å². The quantitative estimate of drug-likeness (QED) is 0.840. The van der Waals surface area contributed by atoms with E-state index in [1.165, 1.54) is 0 Å². The number of hydrogen-bond donors (Lipinski definition) is 2. The SMILES string of the molecule is CC(C)COc1ccc(CNC(=O)N2CCC(C(C)O)CC2)cc1. The molecule has 0 saturated carbocycles. The second-order valence-electron chi connectivity index (χ2n) is 7.07. The Balaban J connectivity index is 1.74. The molecule has 1 aliphatic heterocycles. The standard InChI is InChI=1S/C19H30N2O3/c1-14(2)13-24-18-6-4-16(5-7-18)12-20-19(23)21-10-8-17(9-11-21)15(3)22/h4-7,14-15,17,22H,8-13H2,1-3H3,(H,20,23). The lowest BCUT2D eigenvalue weighted by Gasteiger charge is -2.33. The van der Waals surface area contributed by atoms with Crippen LogP contribution >= 0.6 is 0 Å². The average molecular weight is 334 g/mol. The van der Waals surface area contributed by atoms with Crippen molar-refractivity contribution in [2.45, 2.75) is 46.3 Å². The molecule has 24 heavy (non-hydrogen) atoms. The number of rotatable bonds is 6. The summed E-state index contributed by atoms with van der Waals surface area (Å²) in [5, 5.41) is 12.6. The van der Waals surface area contributed by atoms with Crippen molar-refractivity contribution in [2.75, 3.05) is 19.7 Å². The largest absolute Gasteiger partial charge is 0.493 e. The van der Waals surface area contributed by atoms with Crippen molar-refractivity contribution < 1.29 is 14.6 Å². The van der Waals surface area contributed by atoms with Crippen LogP contribution in [-0.2, 0) is 6.54 Å². The van der Waals surface area contributed by atoms with Crippen molar-refractivity contribution in [1.82, 2.24) is 10.2 Å². The van der Waals surface area contributed by atoms with Crippen LogP contribution in [0.3, 0.4) is 0 Å². The van der Waals surface area contributed by atoms with Gasteiger partial charge in [0, 0.05) is 19.6 Å². The first-order valence-electron chi connectivity index (χ1n) is 8.88. The van der Waals surface area contributed by atoms with Gasteiger partial charge in [0.25, 0.3) is 0 Å². The van der Waals surface area contributed by atoms with Gasteiger partial charge in [-0.3, -0.25) is 0 Å². The van der Waals surface area contributed by atoms with E-state index in [1.807, 2.05) is 36.1 Å². The Kier molecular flexibility index (Phi) is 6.91. The van der Waals surface area contributed by atoms with Gasteiger partial charge in [0.05, 0.1) is 12.7 Å². The highest BCUT2D eigenvalue weighted by molar-refractivity contribution is 5.74. The van der Waals surface area contributed by atoms with Crippen LogP contribution < -0.4 is 10.1 Å². The molecule has 5 heteroatoms. The monoisotopic (exact) mass is 334 g/mol. The Morgan fingerprint density at radius 2 is 1.88 bits per heavy atom. The number of hydrogen-bond acceptors (Lipinski definition) is 3. The van der Waals surface area contributed by atoms with Crippen LogP contribution in [0.2, 0.25) is 0 Å². The second-order valence-corrected chi connectivity index (χ2v) is 7.07. The van der Waals surface area contributed by atoms with Gasteiger partial charge in [-0.05, 0) is 49.3 Å². The summed E-state index contributed by atoms with van der Waals surface area (Å²) in [4.78, 5) is 14.1. The fourth-order valence-electron chi connectivity index (χ4n) is 2.84. The molecular weight excluding hydrogens is 304 g/mol. The van der Waals surface area contributed by atoms with E-state index in [0.717, 1.165) is 24.2 Å². The highest BCUT2D eigenvalue weighted by Crippen LogP contribution is 2.20. The molecule has 1 heterocycles. The first kappa shape index (κ1) is 18.6. The number of piperidine rings is 1. The van der Waals surface area contributed by atoms with E-state index in [0.29, 0.717) is 38.1 Å². The zero-order chi connectivity index (χ0) is 17.5. The van der Waals surface area contributed by atoms with Crippen molar-refractivity contribution in [3.63, 3.8) is 0 Å². The molecule has 2 amide bonds. The molecule has 0 radical (unpaired) electrons. The van der Waals surface area contributed by atoms with E-state index < -0.39 is 0 Å². The summed E-state index contributed by atoms with van der Waals surface area (Å²) >= 11 is 0. The van der Waals surface area contributed by atoms with Crippen LogP contribution in [0.5, 0.6) is 5.75 Å². The minimum atomic E-state index is -0.286. The van der Waals surface area contributed by atoms with Crippen molar-refractivity contribution in [3.8, 4) is 5.75 Å². The fourth-order valence-corrected chi connectivity index (χ4v) is 2.84. The minimum Gasteiger partial charge on any atom is -0.493 e. The number of likely N-dealkylation sites (tertiary alicyclic amines) is 1. The predicted octanol–water partition coefficient (Wildman–Crippen LogP) is 3.02. The van der Waals surface area contributed by atoms with E-state index in [2.05, 4.69) is 19.2 Å². The topological polar surface area (TPSA) is 61.8 Å². The van der Waals surface area contributed by atoms with E-state index in [1.54, 1.807) is 0 Å². The molecule has 1 aliphatic rings. The van der Waals surface area contributed by atoms with Crippen LogP contribution in [0.15, 0.2) is 24.3 Å². The number of nitrogens with zero attached hydrogens (tertiary/aromatic N) is 1. The summed E-state index contributed by atoms with van der Waals surface area (Å²) in [6.45, 7) is 8.71. The summed E-state index contributed by atoms with van der Waals surface area (Å²) in [6, 6.07) is 7.82. The van der Waals surface area contributed by atoms with Crippen LogP contribution in [0.25, 0.3) is 0 Å². The number of ether oxygens (including phenoxy) is 1. The Labute approximate surface area is 145 Å². The highest BCUT2D eigenvalue weighted by Gasteiger charge is 2.25. The summed E-state index contributed by atoms with van der Waals surface area (Å²) in [7, 11) is 0. The molecule has 1 atom stereocenters. The molecule has 1 unspecified atom stereocenters. The highest BCUT2D eigenvalue weighted by atomic mass is 16.5. The lowest BCUT2D eigenvalue weighted by Crippen LogP contribution is -2.45. The number of carbonyl (C=O) groups excluding carboxylic acids is 1. The Morgan fingerprint density at radius 1 is 1.25 bits per heavy atom. The van der Waals surface area contributed by atoms with Gasteiger partial charge in [0.1, 0.15) is 5.75 Å².